The molecule has 1 rings (SSSR count). The van der Waals surface area contributed by atoms with E-state index in [0.29, 0.717) is 19.6 Å². The second kappa shape index (κ2) is 4.42. The van der Waals surface area contributed by atoms with Gasteiger partial charge in [0.1, 0.15) is 0 Å². The average molecular weight is 174 g/mol. The second-order valence-corrected chi connectivity index (χ2v) is 2.79. The van der Waals surface area contributed by atoms with E-state index in [1.54, 1.807) is 6.92 Å². The van der Waals surface area contributed by atoms with E-state index in [2.05, 4.69) is 0 Å². The van der Waals surface area contributed by atoms with Gasteiger partial charge in [-0.1, -0.05) is 0 Å². The summed E-state index contributed by atoms with van der Waals surface area (Å²) in [5.41, 5.74) is 0. The molecule has 0 spiro atoms. The lowest BCUT2D eigenvalue weighted by atomic mass is 9.98. The van der Waals surface area contributed by atoms with Crippen LogP contribution >= 0.6 is 0 Å². The molecule has 0 bridgehead atoms. The summed E-state index contributed by atoms with van der Waals surface area (Å²) in [5.74, 6) is -0.702. The SMILES string of the molecule is CCOC(=O)C1CCOCC1O. The Hall–Kier alpha value is -0.610. The van der Waals surface area contributed by atoms with Gasteiger partial charge in [0.2, 0.25) is 0 Å². The predicted molar refractivity (Wildman–Crippen MR) is 41.6 cm³/mol. The summed E-state index contributed by atoms with van der Waals surface area (Å²) in [6.07, 6.45) is -0.141. The van der Waals surface area contributed by atoms with E-state index in [0.717, 1.165) is 0 Å². The van der Waals surface area contributed by atoms with Crippen LogP contribution in [0.5, 0.6) is 0 Å². The minimum atomic E-state index is -0.696. The van der Waals surface area contributed by atoms with E-state index in [1.807, 2.05) is 0 Å². The third-order valence-electron chi connectivity index (χ3n) is 1.92. The quantitative estimate of drug-likeness (QED) is 0.596. The van der Waals surface area contributed by atoms with Crippen molar-refractivity contribution in [3.05, 3.63) is 0 Å². The zero-order chi connectivity index (χ0) is 8.97. The van der Waals surface area contributed by atoms with Crippen LogP contribution in [0.3, 0.4) is 0 Å². The van der Waals surface area contributed by atoms with Crippen molar-refractivity contribution in [1.29, 1.82) is 0 Å². The lowest BCUT2D eigenvalue weighted by Crippen LogP contribution is -2.38. The number of aliphatic hydroxyl groups is 1. The Labute approximate surface area is 71.5 Å². The molecule has 0 aromatic rings. The Morgan fingerprint density at radius 3 is 3.08 bits per heavy atom. The van der Waals surface area contributed by atoms with Gasteiger partial charge in [-0.15, -0.1) is 0 Å². The Morgan fingerprint density at radius 2 is 2.50 bits per heavy atom. The molecule has 1 saturated heterocycles. The standard InChI is InChI=1S/C8H14O4/c1-2-12-8(10)6-3-4-11-5-7(6)9/h6-7,9H,2-5H2,1H3. The van der Waals surface area contributed by atoms with Crippen LogP contribution in [-0.2, 0) is 14.3 Å². The maximum absolute atomic E-state index is 11.2. The topological polar surface area (TPSA) is 55.8 Å². The molecule has 70 valence electrons. The summed E-state index contributed by atoms with van der Waals surface area (Å²) < 4.78 is 9.78. The molecule has 2 unspecified atom stereocenters. The molecule has 0 saturated carbocycles. The molecule has 4 heteroatoms. The molecule has 1 N–H and O–H groups in total. The van der Waals surface area contributed by atoms with Gasteiger partial charge in [0, 0.05) is 6.61 Å². The monoisotopic (exact) mass is 174 g/mol. The molecular formula is C8H14O4. The summed E-state index contributed by atoms with van der Waals surface area (Å²) in [7, 11) is 0. The molecule has 0 aromatic carbocycles. The highest BCUT2D eigenvalue weighted by Gasteiger charge is 2.30. The first-order chi connectivity index (χ1) is 5.75. The Morgan fingerprint density at radius 1 is 1.75 bits per heavy atom. The van der Waals surface area contributed by atoms with Crippen LogP contribution in [0, 0.1) is 5.92 Å². The van der Waals surface area contributed by atoms with Crippen LogP contribution in [0.1, 0.15) is 13.3 Å². The fraction of sp³-hybridized carbons (Fsp3) is 0.875. The average Bonchev–Trinajstić information content (AvgIpc) is 2.05. The van der Waals surface area contributed by atoms with Gasteiger partial charge in [-0.2, -0.15) is 0 Å². The number of carbonyl (C=O) groups is 1. The summed E-state index contributed by atoms with van der Waals surface area (Å²) in [4.78, 5) is 11.2. The molecule has 1 heterocycles. The molecule has 1 aliphatic rings. The molecule has 0 aliphatic carbocycles. The van der Waals surface area contributed by atoms with Gasteiger partial charge in [-0.05, 0) is 13.3 Å². The lowest BCUT2D eigenvalue weighted by molar-refractivity contribution is -0.158. The number of aliphatic hydroxyl groups excluding tert-OH is 1. The van der Waals surface area contributed by atoms with Crippen LogP contribution < -0.4 is 0 Å². The van der Waals surface area contributed by atoms with Crippen LogP contribution in [-0.4, -0.2) is 37.0 Å². The normalized spacial score (nSPS) is 29.8. The van der Waals surface area contributed by atoms with Crippen LogP contribution in [0.15, 0.2) is 0 Å². The highest BCUT2D eigenvalue weighted by molar-refractivity contribution is 5.73. The summed E-state index contributed by atoms with van der Waals surface area (Å²) in [6, 6.07) is 0. The van der Waals surface area contributed by atoms with Gasteiger partial charge in [0.15, 0.2) is 0 Å². The van der Waals surface area contributed by atoms with Crippen molar-refractivity contribution in [3.8, 4) is 0 Å². The fourth-order valence-corrected chi connectivity index (χ4v) is 1.25. The number of esters is 1. The van der Waals surface area contributed by atoms with Crippen molar-refractivity contribution >= 4 is 5.97 Å². The van der Waals surface area contributed by atoms with Crippen molar-refractivity contribution in [1.82, 2.24) is 0 Å². The first kappa shape index (κ1) is 9.48. The van der Waals surface area contributed by atoms with Crippen molar-refractivity contribution in [2.24, 2.45) is 5.92 Å². The first-order valence-electron chi connectivity index (χ1n) is 4.18. The number of ether oxygens (including phenoxy) is 2. The largest absolute Gasteiger partial charge is 0.466 e. The third kappa shape index (κ3) is 2.19. The highest BCUT2D eigenvalue weighted by atomic mass is 16.5. The van der Waals surface area contributed by atoms with Crippen LogP contribution in [0.4, 0.5) is 0 Å². The van der Waals surface area contributed by atoms with E-state index in [-0.39, 0.29) is 12.6 Å². The van der Waals surface area contributed by atoms with Gasteiger partial charge in [0.05, 0.1) is 25.2 Å². The zero-order valence-electron chi connectivity index (χ0n) is 7.16. The minimum Gasteiger partial charge on any atom is -0.466 e. The number of hydrogen-bond donors (Lipinski definition) is 1. The molecule has 0 aromatic heterocycles. The van der Waals surface area contributed by atoms with E-state index in [1.165, 1.54) is 0 Å². The summed E-state index contributed by atoms with van der Waals surface area (Å²) in [5, 5.41) is 9.34. The highest BCUT2D eigenvalue weighted by Crippen LogP contribution is 2.16. The molecule has 1 fully saturated rings. The van der Waals surface area contributed by atoms with Gasteiger partial charge < -0.3 is 14.6 Å². The summed E-state index contributed by atoms with van der Waals surface area (Å²) >= 11 is 0. The van der Waals surface area contributed by atoms with Crippen molar-refractivity contribution in [3.63, 3.8) is 0 Å². The van der Waals surface area contributed by atoms with Gasteiger partial charge in [-0.25, -0.2) is 0 Å². The van der Waals surface area contributed by atoms with Crippen LogP contribution in [0.2, 0.25) is 0 Å². The van der Waals surface area contributed by atoms with Crippen molar-refractivity contribution < 1.29 is 19.4 Å². The number of carbonyl (C=O) groups excluding carboxylic acids is 1. The predicted octanol–water partition coefficient (Wildman–Crippen LogP) is -0.0531. The molecule has 0 radical (unpaired) electrons. The van der Waals surface area contributed by atoms with E-state index in [4.69, 9.17) is 9.47 Å². The minimum absolute atomic E-state index is 0.240. The molecule has 0 amide bonds. The van der Waals surface area contributed by atoms with Gasteiger partial charge in [0.25, 0.3) is 0 Å². The maximum Gasteiger partial charge on any atom is 0.311 e. The second-order valence-electron chi connectivity index (χ2n) is 2.79. The lowest BCUT2D eigenvalue weighted by Gasteiger charge is -2.25. The van der Waals surface area contributed by atoms with Crippen molar-refractivity contribution in [2.75, 3.05) is 19.8 Å². The Kier molecular flexibility index (Phi) is 3.49. The third-order valence-corrected chi connectivity index (χ3v) is 1.92. The summed E-state index contributed by atoms with van der Waals surface area (Å²) in [6.45, 7) is 2.89. The molecule has 1 aliphatic heterocycles. The fourth-order valence-electron chi connectivity index (χ4n) is 1.25. The smallest absolute Gasteiger partial charge is 0.311 e. The molecular weight excluding hydrogens is 160 g/mol. The van der Waals surface area contributed by atoms with E-state index in [9.17, 15) is 9.90 Å². The Bertz CT molecular complexity index is 157. The van der Waals surface area contributed by atoms with Gasteiger partial charge >= 0.3 is 5.97 Å². The molecule has 2 atom stereocenters. The maximum atomic E-state index is 11.2. The molecule has 12 heavy (non-hydrogen) atoms. The van der Waals surface area contributed by atoms with E-state index < -0.39 is 12.0 Å². The zero-order valence-corrected chi connectivity index (χ0v) is 7.16. The number of hydrogen-bond acceptors (Lipinski definition) is 4. The Balaban J connectivity index is 2.42. The van der Waals surface area contributed by atoms with Gasteiger partial charge in [-0.3, -0.25) is 4.79 Å². The first-order valence-corrected chi connectivity index (χ1v) is 4.18. The number of rotatable bonds is 2. The van der Waals surface area contributed by atoms with E-state index >= 15 is 0 Å². The van der Waals surface area contributed by atoms with Crippen LogP contribution in [0.25, 0.3) is 0 Å². The van der Waals surface area contributed by atoms with Crippen molar-refractivity contribution in [2.45, 2.75) is 19.4 Å². The molecule has 4 nitrogen and oxygen atoms in total.